The molecule has 0 saturated carbocycles. The van der Waals surface area contributed by atoms with Crippen LogP contribution in [0.5, 0.6) is 23.0 Å². The van der Waals surface area contributed by atoms with Crippen LogP contribution in [-0.2, 0) is 37.9 Å². The summed E-state index contributed by atoms with van der Waals surface area (Å²) in [4.78, 5) is 9.64. The van der Waals surface area contributed by atoms with Crippen molar-refractivity contribution in [1.82, 2.24) is 0 Å². The third-order valence-corrected chi connectivity index (χ3v) is 17.5. The highest BCUT2D eigenvalue weighted by Crippen LogP contribution is 2.45. The van der Waals surface area contributed by atoms with Crippen LogP contribution in [0, 0.1) is 5.41 Å². The first-order valence-electron chi connectivity index (χ1n) is 30.5. The van der Waals surface area contributed by atoms with Crippen molar-refractivity contribution in [1.29, 1.82) is 0 Å². The van der Waals surface area contributed by atoms with Crippen molar-refractivity contribution in [3.8, 4) is 23.0 Å². The monoisotopic (exact) mass is 1150 g/mol. The van der Waals surface area contributed by atoms with Crippen LogP contribution in [-0.4, -0.2) is 180 Å². The summed E-state index contributed by atoms with van der Waals surface area (Å²) in [5.41, 5.74) is 3.00. The van der Waals surface area contributed by atoms with E-state index in [0.29, 0.717) is 52.4 Å². The van der Waals surface area contributed by atoms with Crippen molar-refractivity contribution in [3.63, 3.8) is 0 Å². The molecule has 8 saturated heterocycles. The molecule has 0 aliphatic carbocycles. The fourth-order valence-corrected chi connectivity index (χ4v) is 12.3. The van der Waals surface area contributed by atoms with Gasteiger partial charge >= 0.3 is 0 Å². The lowest BCUT2D eigenvalue weighted by atomic mass is 9.91. The topological polar surface area (TPSA) is 150 Å². The number of hydrogen-bond acceptors (Lipinski definition) is 16. The summed E-state index contributed by atoms with van der Waals surface area (Å²) in [5, 5.41) is 8.85. The second-order valence-corrected chi connectivity index (χ2v) is 24.5. The number of nitrogens with zero attached hydrogens (tertiary/aromatic N) is 4. The molecule has 16 heteroatoms. The number of hydrogen-bond donors (Lipinski definition) is 0. The highest BCUT2D eigenvalue weighted by molar-refractivity contribution is 6.00. The molecule has 0 bridgehead atoms. The minimum Gasteiger partial charge on any atom is -0.490 e. The molecule has 8 fully saturated rings. The molecule has 440 valence electrons. The van der Waals surface area contributed by atoms with Gasteiger partial charge in [-0.25, -0.2) is 0 Å². The summed E-state index contributed by atoms with van der Waals surface area (Å²) in [6.45, 7) is 12.0. The maximum atomic E-state index is 7.58. The SMILES string of the molecule is c1ccc2c(N(CC3CO3)CC3CO3)c(OCC(COc3ccc4ccccc4c3N(CC3CO3)CC3CO3)(COc3ccc4ccccc4c3N(CC3CO3)CC3CO3)COc3ccc4ccccc4c3N(CC3CO3)CC3CO3)ccc2c1. The van der Waals surface area contributed by atoms with Gasteiger partial charge in [-0.3, -0.25) is 0 Å². The Balaban J connectivity index is 0.842. The molecule has 0 amide bonds. The molecule has 0 spiro atoms. The molecule has 8 heterocycles. The Labute approximate surface area is 494 Å². The second-order valence-electron chi connectivity index (χ2n) is 24.5. The van der Waals surface area contributed by atoms with Gasteiger partial charge in [0.1, 0.15) is 54.8 Å². The van der Waals surface area contributed by atoms with Gasteiger partial charge in [0.05, 0.1) is 124 Å². The average Bonchev–Trinajstić information content (AvgIpc) is 4.35. The summed E-state index contributed by atoms with van der Waals surface area (Å²) in [6, 6.07) is 51.4. The van der Waals surface area contributed by atoms with E-state index < -0.39 is 5.41 Å². The molecule has 8 aliphatic rings. The number of epoxide rings is 8. The third kappa shape index (κ3) is 12.6. The van der Waals surface area contributed by atoms with Crippen LogP contribution < -0.4 is 38.5 Å². The Hall–Kier alpha value is -7.12. The van der Waals surface area contributed by atoms with Crippen molar-refractivity contribution in [3.05, 3.63) is 146 Å². The lowest BCUT2D eigenvalue weighted by Gasteiger charge is -2.36. The largest absolute Gasteiger partial charge is 0.490 e. The van der Waals surface area contributed by atoms with Gasteiger partial charge in [-0.1, -0.05) is 121 Å². The maximum absolute atomic E-state index is 7.58. The van der Waals surface area contributed by atoms with Crippen molar-refractivity contribution >= 4 is 65.8 Å². The molecule has 16 nitrogen and oxygen atoms in total. The van der Waals surface area contributed by atoms with E-state index in [1.54, 1.807) is 0 Å². The van der Waals surface area contributed by atoms with Crippen LogP contribution >= 0.6 is 0 Å². The zero-order valence-corrected chi connectivity index (χ0v) is 47.8. The van der Waals surface area contributed by atoms with E-state index in [-0.39, 0.29) is 75.3 Å². The van der Waals surface area contributed by atoms with Gasteiger partial charge in [0.15, 0.2) is 0 Å². The number of rotatable bonds is 32. The second kappa shape index (κ2) is 23.0. The predicted molar refractivity (Wildman–Crippen MR) is 327 cm³/mol. The predicted octanol–water partition coefficient (Wildman–Crippen LogP) is 9.32. The van der Waals surface area contributed by atoms with Crippen molar-refractivity contribution in [2.75, 3.05) is 151 Å². The first kappa shape index (κ1) is 53.4. The summed E-state index contributed by atoms with van der Waals surface area (Å²) in [7, 11) is 0. The number of benzene rings is 8. The van der Waals surface area contributed by atoms with Crippen molar-refractivity contribution in [2.24, 2.45) is 5.41 Å². The lowest BCUT2D eigenvalue weighted by molar-refractivity contribution is -0.00296. The van der Waals surface area contributed by atoms with Gasteiger partial charge in [0.2, 0.25) is 0 Å². The Bertz CT molecular complexity index is 3170. The highest BCUT2D eigenvalue weighted by Gasteiger charge is 2.42. The Kier molecular flexibility index (Phi) is 14.4. The van der Waals surface area contributed by atoms with Crippen LogP contribution in [0.15, 0.2) is 146 Å². The van der Waals surface area contributed by atoms with Gasteiger partial charge < -0.3 is 76.4 Å². The molecular weight excluding hydrogens is 1080 g/mol. The maximum Gasteiger partial charge on any atom is 0.143 e. The first-order chi connectivity index (χ1) is 42.0. The van der Waals surface area contributed by atoms with E-state index in [2.05, 4.69) is 165 Å². The van der Waals surface area contributed by atoms with Crippen LogP contribution in [0.4, 0.5) is 22.7 Å². The normalized spacial score (nSPS) is 24.4. The number of ether oxygens (including phenoxy) is 12. The van der Waals surface area contributed by atoms with Crippen LogP contribution in [0.25, 0.3) is 43.1 Å². The first-order valence-corrected chi connectivity index (χ1v) is 30.5. The molecule has 8 unspecified atom stereocenters. The molecule has 0 N–H and O–H groups in total. The van der Waals surface area contributed by atoms with Crippen LogP contribution in [0.2, 0.25) is 0 Å². The standard InChI is InChI=1S/C69H72N4O12/c1-5-13-57-45(9-1)17-21-61(65(57)70(25-49-33-74-49)26-50-34-75-50)82-41-69(42-83-62-22-18-46-10-2-6-14-58(46)66(62)71(27-51-35-76-51)28-52-36-77-52,43-84-63-23-19-47-11-3-7-15-59(47)67(63)72(29-53-37-78-53)30-54-38-79-54)44-85-64-24-20-48-12-4-8-16-60(48)68(64)73(31-55-39-80-55)32-56-40-81-56/h1-24,49-56H,25-44H2. The van der Waals surface area contributed by atoms with Crippen LogP contribution in [0.3, 0.4) is 0 Å². The minimum atomic E-state index is -1.03. The van der Waals surface area contributed by atoms with E-state index in [1.807, 2.05) is 0 Å². The zero-order valence-electron chi connectivity index (χ0n) is 47.8. The third-order valence-electron chi connectivity index (χ3n) is 17.5. The number of fused-ring (bicyclic) bond motifs is 4. The quantitative estimate of drug-likeness (QED) is 0.0368. The van der Waals surface area contributed by atoms with E-state index in [4.69, 9.17) is 56.8 Å². The molecule has 8 aromatic carbocycles. The van der Waals surface area contributed by atoms with Gasteiger partial charge in [-0.15, -0.1) is 0 Å². The smallest absolute Gasteiger partial charge is 0.143 e. The average molecular weight is 1150 g/mol. The van der Waals surface area contributed by atoms with Gasteiger partial charge in [-0.2, -0.15) is 0 Å². The van der Waals surface area contributed by atoms with Crippen LogP contribution in [0.1, 0.15) is 0 Å². The minimum absolute atomic E-state index is 0.121. The molecule has 8 aliphatic heterocycles. The van der Waals surface area contributed by atoms with E-state index >= 15 is 0 Å². The van der Waals surface area contributed by atoms with E-state index in [9.17, 15) is 0 Å². The van der Waals surface area contributed by atoms with E-state index in [0.717, 1.165) is 142 Å². The Morgan fingerprint density at radius 1 is 0.271 bits per heavy atom. The highest BCUT2D eigenvalue weighted by atomic mass is 16.6. The molecule has 8 aromatic rings. The molecular formula is C69H72N4O12. The molecule has 0 aromatic heterocycles. The fraction of sp³-hybridized carbons (Fsp3) is 0.420. The molecule has 8 atom stereocenters. The lowest BCUT2D eigenvalue weighted by Crippen LogP contribution is -2.46. The summed E-state index contributed by atoms with van der Waals surface area (Å²) in [6.07, 6.45) is 0.969. The molecule has 16 rings (SSSR count). The summed E-state index contributed by atoms with van der Waals surface area (Å²) in [5.74, 6) is 2.98. The Morgan fingerprint density at radius 2 is 0.459 bits per heavy atom. The summed E-state index contributed by atoms with van der Waals surface area (Å²) >= 11 is 0. The van der Waals surface area contributed by atoms with Gasteiger partial charge in [-0.05, 0) is 45.8 Å². The molecule has 0 radical (unpaired) electrons. The fourth-order valence-electron chi connectivity index (χ4n) is 12.3. The van der Waals surface area contributed by atoms with E-state index in [1.165, 1.54) is 0 Å². The van der Waals surface area contributed by atoms with Crippen molar-refractivity contribution in [2.45, 2.75) is 48.8 Å². The van der Waals surface area contributed by atoms with Gasteiger partial charge in [0.25, 0.3) is 0 Å². The Morgan fingerprint density at radius 3 is 0.647 bits per heavy atom. The number of anilines is 4. The van der Waals surface area contributed by atoms with Crippen molar-refractivity contribution < 1.29 is 56.8 Å². The zero-order chi connectivity index (χ0) is 56.3. The van der Waals surface area contributed by atoms with Gasteiger partial charge in [0, 0.05) is 73.9 Å². The molecule has 85 heavy (non-hydrogen) atoms. The summed E-state index contributed by atoms with van der Waals surface area (Å²) < 4.78 is 77.8.